The van der Waals surface area contributed by atoms with Crippen molar-refractivity contribution in [3.8, 4) is 11.5 Å². The molecular formula is C25H29Cl2N3O4. The highest BCUT2D eigenvalue weighted by Gasteiger charge is 2.25. The lowest BCUT2D eigenvalue weighted by molar-refractivity contribution is -0.132. The lowest BCUT2D eigenvalue weighted by Crippen LogP contribution is -2.49. The van der Waals surface area contributed by atoms with Gasteiger partial charge in [0, 0.05) is 10.6 Å². The minimum Gasteiger partial charge on any atom is -0.489 e. The van der Waals surface area contributed by atoms with E-state index in [1.54, 1.807) is 31.2 Å². The standard InChI is InChI=1S/C25H29Cl2N3O4/c1-5-12-33-22-9-7-6-8-18(22)15-28-30-25(32)21(13-16(2)3)29-24(31)17(4)34-23-11-10-19(26)14-20(23)27/h5-11,14-17,21H,1,12-13H2,2-4H3,(H,29,31)(H,30,32)/b28-15-/t17-,21-/m0/s1. The molecule has 9 heteroatoms. The van der Waals surface area contributed by atoms with Gasteiger partial charge in [-0.15, -0.1) is 0 Å². The Morgan fingerprint density at radius 1 is 1.09 bits per heavy atom. The maximum atomic E-state index is 12.8. The topological polar surface area (TPSA) is 89.0 Å². The number of para-hydroxylation sites is 1. The van der Waals surface area contributed by atoms with Gasteiger partial charge in [0.2, 0.25) is 0 Å². The van der Waals surface area contributed by atoms with Gasteiger partial charge in [0.1, 0.15) is 24.1 Å². The molecule has 0 spiro atoms. The molecule has 0 aliphatic rings. The van der Waals surface area contributed by atoms with Crippen LogP contribution in [0.15, 0.2) is 60.2 Å². The van der Waals surface area contributed by atoms with E-state index in [0.29, 0.717) is 35.1 Å². The van der Waals surface area contributed by atoms with Crippen LogP contribution < -0.4 is 20.2 Å². The molecule has 2 rings (SSSR count). The second-order valence-corrected chi connectivity index (χ2v) is 8.74. The van der Waals surface area contributed by atoms with E-state index in [4.69, 9.17) is 32.7 Å². The number of ether oxygens (including phenoxy) is 2. The van der Waals surface area contributed by atoms with Crippen molar-refractivity contribution in [1.29, 1.82) is 0 Å². The highest BCUT2D eigenvalue weighted by atomic mass is 35.5. The van der Waals surface area contributed by atoms with Gasteiger partial charge in [0.25, 0.3) is 11.8 Å². The normalized spacial score (nSPS) is 12.8. The number of hydrazone groups is 1. The van der Waals surface area contributed by atoms with Gasteiger partial charge in [0.15, 0.2) is 6.10 Å². The van der Waals surface area contributed by atoms with Gasteiger partial charge in [-0.25, -0.2) is 5.43 Å². The molecule has 34 heavy (non-hydrogen) atoms. The van der Waals surface area contributed by atoms with E-state index in [0.717, 1.165) is 0 Å². The summed E-state index contributed by atoms with van der Waals surface area (Å²) in [5.41, 5.74) is 3.18. The van der Waals surface area contributed by atoms with Crippen molar-refractivity contribution in [2.45, 2.75) is 39.3 Å². The molecule has 0 saturated heterocycles. The first-order valence-electron chi connectivity index (χ1n) is 10.8. The number of hydrogen-bond donors (Lipinski definition) is 2. The van der Waals surface area contributed by atoms with Crippen LogP contribution in [0.2, 0.25) is 10.0 Å². The summed E-state index contributed by atoms with van der Waals surface area (Å²) < 4.78 is 11.2. The Labute approximate surface area is 210 Å². The highest BCUT2D eigenvalue weighted by Crippen LogP contribution is 2.28. The zero-order valence-electron chi connectivity index (χ0n) is 19.4. The molecule has 182 valence electrons. The summed E-state index contributed by atoms with van der Waals surface area (Å²) in [6, 6.07) is 11.2. The molecule has 2 N–H and O–H groups in total. The van der Waals surface area contributed by atoms with Crippen LogP contribution in [0.4, 0.5) is 0 Å². The summed E-state index contributed by atoms with van der Waals surface area (Å²) >= 11 is 12.0. The Bertz CT molecular complexity index is 1030. The van der Waals surface area contributed by atoms with Crippen LogP contribution in [0.5, 0.6) is 11.5 Å². The largest absolute Gasteiger partial charge is 0.489 e. The van der Waals surface area contributed by atoms with Gasteiger partial charge in [-0.05, 0) is 49.6 Å². The molecule has 0 aromatic heterocycles. The SMILES string of the molecule is C=CCOc1ccccc1/C=N\NC(=O)[C@H](CC(C)C)NC(=O)[C@H](C)Oc1ccc(Cl)cc1Cl. The molecule has 0 fully saturated rings. The van der Waals surface area contributed by atoms with Crippen molar-refractivity contribution < 1.29 is 19.1 Å². The fourth-order valence-electron chi connectivity index (χ4n) is 2.92. The maximum absolute atomic E-state index is 12.8. The predicted octanol–water partition coefficient (Wildman–Crippen LogP) is 5.01. The van der Waals surface area contributed by atoms with E-state index in [9.17, 15) is 9.59 Å². The minimum absolute atomic E-state index is 0.148. The van der Waals surface area contributed by atoms with E-state index in [-0.39, 0.29) is 10.9 Å². The molecular weight excluding hydrogens is 477 g/mol. The van der Waals surface area contributed by atoms with Gasteiger partial charge in [-0.2, -0.15) is 5.10 Å². The van der Waals surface area contributed by atoms with E-state index in [1.165, 1.54) is 12.3 Å². The van der Waals surface area contributed by atoms with Crippen molar-refractivity contribution in [2.24, 2.45) is 11.0 Å². The molecule has 0 heterocycles. The van der Waals surface area contributed by atoms with Gasteiger partial charge in [0.05, 0.1) is 11.2 Å². The third-order valence-corrected chi connectivity index (χ3v) is 5.09. The summed E-state index contributed by atoms with van der Waals surface area (Å²) in [6.07, 6.45) is 2.65. The van der Waals surface area contributed by atoms with Gasteiger partial charge < -0.3 is 14.8 Å². The number of nitrogens with one attached hydrogen (secondary N) is 2. The zero-order valence-corrected chi connectivity index (χ0v) is 20.9. The summed E-state index contributed by atoms with van der Waals surface area (Å²) in [7, 11) is 0. The number of benzene rings is 2. The van der Waals surface area contributed by atoms with Crippen LogP contribution in [0, 0.1) is 5.92 Å². The monoisotopic (exact) mass is 505 g/mol. The van der Waals surface area contributed by atoms with E-state index in [2.05, 4.69) is 22.4 Å². The average molecular weight is 506 g/mol. The average Bonchev–Trinajstić information content (AvgIpc) is 2.79. The Morgan fingerprint density at radius 2 is 1.82 bits per heavy atom. The second kappa shape index (κ2) is 13.6. The van der Waals surface area contributed by atoms with Gasteiger partial charge in [-0.1, -0.05) is 61.8 Å². The van der Waals surface area contributed by atoms with Crippen molar-refractivity contribution in [1.82, 2.24) is 10.7 Å². The van der Waals surface area contributed by atoms with Gasteiger partial charge >= 0.3 is 0 Å². The van der Waals surface area contributed by atoms with Crippen molar-refractivity contribution in [3.63, 3.8) is 0 Å². The Hall–Kier alpha value is -3.03. The fourth-order valence-corrected chi connectivity index (χ4v) is 3.37. The maximum Gasteiger partial charge on any atom is 0.262 e. The van der Waals surface area contributed by atoms with Crippen LogP contribution in [0.25, 0.3) is 0 Å². The van der Waals surface area contributed by atoms with Crippen molar-refractivity contribution in [3.05, 3.63) is 70.7 Å². The summed E-state index contributed by atoms with van der Waals surface area (Å²) in [5.74, 6) is 0.174. The first-order chi connectivity index (χ1) is 16.2. The van der Waals surface area contributed by atoms with Gasteiger partial charge in [-0.3, -0.25) is 9.59 Å². The molecule has 2 aromatic rings. The number of hydrogen-bond acceptors (Lipinski definition) is 5. The zero-order chi connectivity index (χ0) is 25.1. The molecule has 0 bridgehead atoms. The first-order valence-corrected chi connectivity index (χ1v) is 11.5. The third-order valence-electron chi connectivity index (χ3n) is 4.56. The molecule has 7 nitrogen and oxygen atoms in total. The van der Waals surface area contributed by atoms with Crippen LogP contribution in [0.1, 0.15) is 32.8 Å². The fraction of sp³-hybridized carbons (Fsp3) is 0.320. The number of carbonyl (C=O) groups is 2. The smallest absolute Gasteiger partial charge is 0.262 e. The molecule has 0 saturated carbocycles. The first kappa shape index (κ1) is 27.2. The summed E-state index contributed by atoms with van der Waals surface area (Å²) in [4.78, 5) is 25.5. The molecule has 0 unspecified atom stereocenters. The molecule has 0 radical (unpaired) electrons. The number of halogens is 2. The van der Waals surface area contributed by atoms with E-state index >= 15 is 0 Å². The molecule has 2 atom stereocenters. The number of rotatable bonds is 12. The Morgan fingerprint density at radius 3 is 2.50 bits per heavy atom. The number of amides is 2. The lowest BCUT2D eigenvalue weighted by atomic mass is 10.0. The van der Waals surface area contributed by atoms with Crippen LogP contribution >= 0.6 is 23.2 Å². The quantitative estimate of drug-likeness (QED) is 0.241. The minimum atomic E-state index is -0.890. The predicted molar refractivity (Wildman–Crippen MR) is 136 cm³/mol. The van der Waals surface area contributed by atoms with Crippen molar-refractivity contribution >= 4 is 41.2 Å². The van der Waals surface area contributed by atoms with Crippen LogP contribution in [-0.4, -0.2) is 36.8 Å². The molecule has 0 aliphatic heterocycles. The van der Waals surface area contributed by atoms with Crippen molar-refractivity contribution in [2.75, 3.05) is 6.61 Å². The lowest BCUT2D eigenvalue weighted by Gasteiger charge is -2.22. The molecule has 2 aromatic carbocycles. The number of carbonyl (C=O) groups excluding carboxylic acids is 2. The second-order valence-electron chi connectivity index (χ2n) is 7.90. The third kappa shape index (κ3) is 8.72. The van der Waals surface area contributed by atoms with Crippen LogP contribution in [0.3, 0.4) is 0 Å². The number of nitrogens with zero attached hydrogens (tertiary/aromatic N) is 1. The Balaban J connectivity index is 2.02. The molecule has 2 amide bonds. The Kier molecular flexibility index (Phi) is 10.9. The summed E-state index contributed by atoms with van der Waals surface area (Å²) in [5, 5.41) is 7.51. The molecule has 0 aliphatic carbocycles. The van der Waals surface area contributed by atoms with Crippen LogP contribution in [-0.2, 0) is 9.59 Å². The van der Waals surface area contributed by atoms with E-state index in [1.807, 2.05) is 32.0 Å². The van der Waals surface area contributed by atoms with E-state index < -0.39 is 24.0 Å². The highest BCUT2D eigenvalue weighted by molar-refractivity contribution is 6.35. The summed E-state index contributed by atoms with van der Waals surface area (Å²) in [6.45, 7) is 9.46.